The lowest BCUT2D eigenvalue weighted by molar-refractivity contribution is 0.0792. The van der Waals surface area contributed by atoms with Crippen molar-refractivity contribution in [2.45, 2.75) is 31.6 Å². The number of aryl methyl sites for hydroxylation is 2. The highest BCUT2D eigenvalue weighted by Crippen LogP contribution is 2.21. The van der Waals surface area contributed by atoms with Gasteiger partial charge in [-0.15, -0.1) is 0 Å². The number of rotatable bonds is 6. The number of nitrogens with one attached hydrogen (secondary N) is 2. The van der Waals surface area contributed by atoms with Crippen LogP contribution in [0.5, 0.6) is 0 Å². The predicted molar refractivity (Wildman–Crippen MR) is 133 cm³/mol. The van der Waals surface area contributed by atoms with Crippen molar-refractivity contribution in [2.75, 3.05) is 23.1 Å². The van der Waals surface area contributed by atoms with E-state index in [1.807, 2.05) is 24.0 Å². The van der Waals surface area contributed by atoms with Gasteiger partial charge in [0.05, 0.1) is 4.90 Å². The van der Waals surface area contributed by atoms with Gasteiger partial charge in [0.1, 0.15) is 0 Å². The number of likely N-dealkylation sites (tertiary alicyclic amines) is 1. The summed E-state index contributed by atoms with van der Waals surface area (Å²) in [7, 11) is -3.87. The lowest BCUT2D eigenvalue weighted by Crippen LogP contribution is -2.27. The molecular weight excluding hydrogens is 450 g/mol. The smallest absolute Gasteiger partial charge is 0.261 e. The minimum atomic E-state index is -3.87. The molecule has 1 aliphatic heterocycles. The number of hydrogen-bond acceptors (Lipinski definition) is 4. The fraction of sp³-hybridized carbons (Fsp3) is 0.231. The summed E-state index contributed by atoms with van der Waals surface area (Å²) in [6, 6.07) is 18.2. The second-order valence-electron chi connectivity index (χ2n) is 8.48. The number of nitrogens with zero attached hydrogens (tertiary/aromatic N) is 1. The zero-order chi connectivity index (χ0) is 24.3. The van der Waals surface area contributed by atoms with Gasteiger partial charge in [0, 0.05) is 35.6 Å². The third-order valence-electron chi connectivity index (χ3n) is 5.85. The number of benzene rings is 3. The van der Waals surface area contributed by atoms with Crippen molar-refractivity contribution in [3.8, 4) is 0 Å². The average molecular weight is 478 g/mol. The molecule has 176 valence electrons. The minimum Gasteiger partial charge on any atom is -0.339 e. The van der Waals surface area contributed by atoms with Gasteiger partial charge in [0.15, 0.2) is 0 Å². The highest BCUT2D eigenvalue weighted by molar-refractivity contribution is 7.92. The number of anilines is 2. The second-order valence-corrected chi connectivity index (χ2v) is 10.2. The van der Waals surface area contributed by atoms with Crippen molar-refractivity contribution in [1.29, 1.82) is 0 Å². The van der Waals surface area contributed by atoms with Crippen LogP contribution in [0.15, 0.2) is 71.6 Å². The Hall–Kier alpha value is -3.65. The lowest BCUT2D eigenvalue weighted by Gasteiger charge is -2.15. The summed E-state index contributed by atoms with van der Waals surface area (Å²) in [4.78, 5) is 27.3. The molecule has 1 fully saturated rings. The van der Waals surface area contributed by atoms with E-state index in [2.05, 4.69) is 10.0 Å². The number of carbonyl (C=O) groups excluding carboxylic acids is 2. The van der Waals surface area contributed by atoms with Crippen LogP contribution in [-0.4, -0.2) is 38.2 Å². The Bertz CT molecular complexity index is 1310. The molecular formula is C26H27N3O4S. The fourth-order valence-electron chi connectivity index (χ4n) is 3.85. The standard InChI is InChI=1S/C26H27N3O4S/c1-18-5-10-22(11-6-18)28-34(32,33)23-14-7-19(2)24(17-23)25(30)27-21-12-8-20(9-13-21)26(31)29-15-3-4-16-29/h5-14,17,28H,3-4,15-16H2,1-2H3,(H,27,30). The van der Waals surface area contributed by atoms with Gasteiger partial charge in [-0.3, -0.25) is 14.3 Å². The van der Waals surface area contributed by atoms with Crippen LogP contribution in [0.25, 0.3) is 0 Å². The van der Waals surface area contributed by atoms with Crippen LogP contribution in [0.2, 0.25) is 0 Å². The third-order valence-corrected chi connectivity index (χ3v) is 7.23. The zero-order valence-electron chi connectivity index (χ0n) is 19.2. The van der Waals surface area contributed by atoms with Crippen molar-refractivity contribution in [2.24, 2.45) is 0 Å². The summed E-state index contributed by atoms with van der Waals surface area (Å²) in [5, 5.41) is 2.79. The fourth-order valence-corrected chi connectivity index (χ4v) is 4.93. The first kappa shape index (κ1) is 23.5. The molecule has 7 nitrogen and oxygen atoms in total. The van der Waals surface area contributed by atoms with Crippen LogP contribution in [0, 0.1) is 13.8 Å². The van der Waals surface area contributed by atoms with E-state index in [0.29, 0.717) is 22.5 Å². The lowest BCUT2D eigenvalue weighted by atomic mass is 10.1. The molecule has 0 atom stereocenters. The molecule has 0 spiro atoms. The van der Waals surface area contributed by atoms with E-state index in [1.165, 1.54) is 12.1 Å². The molecule has 4 rings (SSSR count). The average Bonchev–Trinajstić information content (AvgIpc) is 3.35. The summed E-state index contributed by atoms with van der Waals surface area (Å²) in [5.41, 5.74) is 3.46. The normalized spacial score (nSPS) is 13.5. The van der Waals surface area contributed by atoms with E-state index in [1.54, 1.807) is 49.4 Å². The zero-order valence-corrected chi connectivity index (χ0v) is 20.0. The first-order valence-corrected chi connectivity index (χ1v) is 12.6. The Labute approximate surface area is 199 Å². The van der Waals surface area contributed by atoms with E-state index in [4.69, 9.17) is 0 Å². The maximum absolute atomic E-state index is 12.9. The molecule has 3 aromatic carbocycles. The van der Waals surface area contributed by atoms with Gasteiger partial charge in [-0.2, -0.15) is 0 Å². The van der Waals surface area contributed by atoms with E-state index in [-0.39, 0.29) is 16.4 Å². The van der Waals surface area contributed by atoms with Gasteiger partial charge in [0.25, 0.3) is 21.8 Å². The SMILES string of the molecule is Cc1ccc(NS(=O)(=O)c2ccc(C)c(C(=O)Nc3ccc(C(=O)N4CCCC4)cc3)c2)cc1. The Morgan fingerprint density at radius 1 is 0.824 bits per heavy atom. The van der Waals surface area contributed by atoms with Crippen LogP contribution >= 0.6 is 0 Å². The van der Waals surface area contributed by atoms with Gasteiger partial charge in [-0.05, 0) is 80.8 Å². The monoisotopic (exact) mass is 477 g/mol. The van der Waals surface area contributed by atoms with Gasteiger partial charge in [-0.25, -0.2) is 8.42 Å². The van der Waals surface area contributed by atoms with Crippen LogP contribution in [0.4, 0.5) is 11.4 Å². The molecule has 0 radical (unpaired) electrons. The molecule has 0 aromatic heterocycles. The Morgan fingerprint density at radius 3 is 2.09 bits per heavy atom. The van der Waals surface area contributed by atoms with Gasteiger partial charge in [0.2, 0.25) is 0 Å². The molecule has 0 unspecified atom stereocenters. The van der Waals surface area contributed by atoms with Gasteiger partial charge < -0.3 is 10.2 Å². The largest absolute Gasteiger partial charge is 0.339 e. The highest BCUT2D eigenvalue weighted by atomic mass is 32.2. The summed E-state index contributed by atoms with van der Waals surface area (Å²) in [6.45, 7) is 5.21. The van der Waals surface area contributed by atoms with Crippen molar-refractivity contribution in [1.82, 2.24) is 4.90 Å². The number of hydrogen-bond donors (Lipinski definition) is 2. The molecule has 2 amide bonds. The summed E-state index contributed by atoms with van der Waals surface area (Å²) >= 11 is 0. The molecule has 34 heavy (non-hydrogen) atoms. The predicted octanol–water partition coefficient (Wildman–Crippen LogP) is 4.59. The number of carbonyl (C=O) groups is 2. The molecule has 0 saturated carbocycles. The molecule has 8 heteroatoms. The van der Waals surface area contributed by atoms with Crippen molar-refractivity contribution in [3.05, 3.63) is 89.0 Å². The van der Waals surface area contributed by atoms with Crippen molar-refractivity contribution < 1.29 is 18.0 Å². The summed E-state index contributed by atoms with van der Waals surface area (Å²) in [5.74, 6) is -0.436. The Morgan fingerprint density at radius 2 is 1.44 bits per heavy atom. The van der Waals surface area contributed by atoms with E-state index in [9.17, 15) is 18.0 Å². The summed E-state index contributed by atoms with van der Waals surface area (Å²) < 4.78 is 28.3. The van der Waals surface area contributed by atoms with E-state index >= 15 is 0 Å². The molecule has 2 N–H and O–H groups in total. The Balaban J connectivity index is 1.49. The molecule has 1 aliphatic rings. The molecule has 1 saturated heterocycles. The molecule has 3 aromatic rings. The third kappa shape index (κ3) is 5.28. The molecule has 0 aliphatic carbocycles. The van der Waals surface area contributed by atoms with Crippen molar-refractivity contribution in [3.63, 3.8) is 0 Å². The van der Waals surface area contributed by atoms with Crippen LogP contribution < -0.4 is 10.0 Å². The van der Waals surface area contributed by atoms with Crippen LogP contribution in [0.1, 0.15) is 44.7 Å². The van der Waals surface area contributed by atoms with Crippen LogP contribution in [0.3, 0.4) is 0 Å². The maximum atomic E-state index is 12.9. The van der Waals surface area contributed by atoms with Crippen LogP contribution in [-0.2, 0) is 10.0 Å². The molecule has 0 bridgehead atoms. The van der Waals surface area contributed by atoms with Gasteiger partial charge in [-0.1, -0.05) is 23.8 Å². The Kier molecular flexibility index (Phi) is 6.70. The highest BCUT2D eigenvalue weighted by Gasteiger charge is 2.20. The second kappa shape index (κ2) is 9.69. The number of amides is 2. The van der Waals surface area contributed by atoms with E-state index < -0.39 is 15.9 Å². The number of sulfonamides is 1. The minimum absolute atomic E-state index is 0.00428. The maximum Gasteiger partial charge on any atom is 0.261 e. The topological polar surface area (TPSA) is 95.6 Å². The van der Waals surface area contributed by atoms with Gasteiger partial charge >= 0.3 is 0 Å². The first-order chi connectivity index (χ1) is 16.2. The quantitative estimate of drug-likeness (QED) is 0.543. The summed E-state index contributed by atoms with van der Waals surface area (Å²) in [6.07, 6.45) is 2.04. The first-order valence-electron chi connectivity index (χ1n) is 11.1. The van der Waals surface area contributed by atoms with Crippen molar-refractivity contribution >= 4 is 33.2 Å². The molecule has 1 heterocycles. The van der Waals surface area contributed by atoms with E-state index in [0.717, 1.165) is 31.5 Å².